The quantitative estimate of drug-likeness (QED) is 0.650. The maximum absolute atomic E-state index is 12.5. The highest BCUT2D eigenvalue weighted by molar-refractivity contribution is 7.99. The second-order valence-corrected chi connectivity index (χ2v) is 2.78. The Kier molecular flexibility index (Phi) is 2.43. The van der Waals surface area contributed by atoms with Gasteiger partial charge in [0, 0.05) is 7.05 Å². The van der Waals surface area contributed by atoms with Gasteiger partial charge in [-0.25, -0.2) is 4.39 Å². The normalized spacial score (nSPS) is 11.0. The van der Waals surface area contributed by atoms with Gasteiger partial charge >= 0.3 is 0 Å². The Balaban J connectivity index is 2.83. The van der Waals surface area contributed by atoms with Crippen LogP contribution in [0.25, 0.3) is 0 Å². The minimum absolute atomic E-state index is 0.139. The number of alkyl halides is 2. The zero-order valence-electron chi connectivity index (χ0n) is 5.59. The fourth-order valence-electron chi connectivity index (χ4n) is 0.616. The van der Waals surface area contributed by atoms with Crippen LogP contribution in [0.1, 0.15) is 0 Å². The largest absolute Gasteiger partial charge is 0.290 e. The van der Waals surface area contributed by atoms with Gasteiger partial charge in [-0.1, -0.05) is 0 Å². The van der Waals surface area contributed by atoms with Crippen LogP contribution < -0.4 is 0 Å². The first-order chi connectivity index (χ1) is 5.11. The van der Waals surface area contributed by atoms with Crippen molar-refractivity contribution in [2.75, 3.05) is 0 Å². The number of halogens is 3. The van der Waals surface area contributed by atoms with Crippen molar-refractivity contribution >= 4 is 11.8 Å². The van der Waals surface area contributed by atoms with E-state index in [1.54, 1.807) is 0 Å². The highest BCUT2D eigenvalue weighted by Gasteiger charge is 2.13. The molecule has 0 spiro atoms. The number of hydrogen-bond donors (Lipinski definition) is 0. The second kappa shape index (κ2) is 3.17. The molecule has 0 aliphatic rings. The van der Waals surface area contributed by atoms with E-state index in [2.05, 4.69) is 5.10 Å². The Labute approximate surface area is 65.4 Å². The van der Waals surface area contributed by atoms with Crippen LogP contribution in [-0.4, -0.2) is 15.5 Å². The predicted molar refractivity (Wildman–Crippen MR) is 35.0 cm³/mol. The van der Waals surface area contributed by atoms with Crippen LogP contribution >= 0.6 is 11.8 Å². The standard InChI is InChI=1S/C5H5F3N2S/c1-10-4(11-5(7)8)3(6)2-9-10/h2,5H,1H3. The minimum atomic E-state index is -2.61. The van der Waals surface area contributed by atoms with E-state index < -0.39 is 11.6 Å². The van der Waals surface area contributed by atoms with Crippen molar-refractivity contribution in [1.29, 1.82) is 0 Å². The Morgan fingerprint density at radius 1 is 1.64 bits per heavy atom. The number of thioether (sulfide) groups is 1. The summed E-state index contributed by atoms with van der Waals surface area (Å²) in [6, 6.07) is 0. The van der Waals surface area contributed by atoms with Crippen LogP contribution in [0, 0.1) is 5.82 Å². The molecule has 1 aromatic heterocycles. The van der Waals surface area contributed by atoms with Crippen LogP contribution in [0.5, 0.6) is 0 Å². The van der Waals surface area contributed by atoms with Gasteiger partial charge in [-0.3, -0.25) is 4.68 Å². The summed E-state index contributed by atoms with van der Waals surface area (Å²) in [4.78, 5) is 0. The van der Waals surface area contributed by atoms with Gasteiger partial charge in [-0.15, -0.1) is 0 Å². The van der Waals surface area contributed by atoms with Crippen LogP contribution in [0.15, 0.2) is 11.2 Å². The zero-order valence-corrected chi connectivity index (χ0v) is 6.41. The summed E-state index contributed by atoms with van der Waals surface area (Å²) < 4.78 is 37.0. The lowest BCUT2D eigenvalue weighted by atomic mass is 10.7. The lowest BCUT2D eigenvalue weighted by Crippen LogP contribution is -1.95. The Bertz CT molecular complexity index is 228. The minimum Gasteiger partial charge on any atom is -0.259 e. The van der Waals surface area contributed by atoms with E-state index in [0.717, 1.165) is 10.9 Å². The van der Waals surface area contributed by atoms with E-state index in [1.165, 1.54) is 7.05 Å². The van der Waals surface area contributed by atoms with E-state index in [1.807, 2.05) is 0 Å². The van der Waals surface area contributed by atoms with Crippen molar-refractivity contribution in [1.82, 2.24) is 9.78 Å². The molecule has 1 heterocycles. The molecule has 0 saturated carbocycles. The van der Waals surface area contributed by atoms with Gasteiger partial charge in [0.2, 0.25) is 0 Å². The summed E-state index contributed by atoms with van der Waals surface area (Å²) in [5.41, 5.74) is 0. The third-order valence-electron chi connectivity index (χ3n) is 1.04. The molecule has 11 heavy (non-hydrogen) atoms. The van der Waals surface area contributed by atoms with Crippen LogP contribution in [0.3, 0.4) is 0 Å². The molecule has 1 aromatic rings. The molecule has 0 unspecified atom stereocenters. The first-order valence-electron chi connectivity index (χ1n) is 2.73. The zero-order chi connectivity index (χ0) is 8.43. The SMILES string of the molecule is Cn1ncc(F)c1SC(F)F. The third kappa shape index (κ3) is 1.89. The molecular formula is C5H5F3N2S. The molecule has 2 nitrogen and oxygen atoms in total. The fraction of sp³-hybridized carbons (Fsp3) is 0.400. The highest BCUT2D eigenvalue weighted by atomic mass is 32.2. The molecule has 6 heteroatoms. The molecule has 0 N–H and O–H groups in total. The molecule has 0 bridgehead atoms. The number of rotatable bonds is 2. The van der Waals surface area contributed by atoms with Crippen LogP contribution in [0.2, 0.25) is 0 Å². The van der Waals surface area contributed by atoms with E-state index in [9.17, 15) is 13.2 Å². The highest BCUT2D eigenvalue weighted by Crippen LogP contribution is 2.26. The average molecular weight is 182 g/mol. The van der Waals surface area contributed by atoms with Gasteiger partial charge < -0.3 is 0 Å². The summed E-state index contributed by atoms with van der Waals surface area (Å²) in [5.74, 6) is -3.32. The molecule has 0 atom stereocenters. The Morgan fingerprint density at radius 2 is 2.27 bits per heavy atom. The number of aryl methyl sites for hydroxylation is 1. The van der Waals surface area contributed by atoms with Gasteiger partial charge in [0.25, 0.3) is 5.76 Å². The van der Waals surface area contributed by atoms with E-state index in [0.29, 0.717) is 0 Å². The smallest absolute Gasteiger partial charge is 0.259 e. The van der Waals surface area contributed by atoms with Gasteiger partial charge in [-0.05, 0) is 11.8 Å². The average Bonchev–Trinajstić information content (AvgIpc) is 2.18. The van der Waals surface area contributed by atoms with Crippen molar-refractivity contribution in [3.8, 4) is 0 Å². The van der Waals surface area contributed by atoms with Crippen molar-refractivity contribution < 1.29 is 13.2 Å². The van der Waals surface area contributed by atoms with Crippen molar-refractivity contribution in [2.45, 2.75) is 10.8 Å². The molecule has 0 aliphatic heterocycles. The topological polar surface area (TPSA) is 17.8 Å². The summed E-state index contributed by atoms with van der Waals surface area (Å²) in [7, 11) is 1.41. The van der Waals surface area contributed by atoms with Gasteiger partial charge in [-0.2, -0.15) is 13.9 Å². The molecular weight excluding hydrogens is 177 g/mol. The van der Waals surface area contributed by atoms with E-state index in [-0.39, 0.29) is 16.8 Å². The predicted octanol–water partition coefficient (Wildman–Crippen LogP) is 1.87. The summed E-state index contributed by atoms with van der Waals surface area (Å²) in [6.45, 7) is 0. The number of aromatic nitrogens is 2. The number of nitrogens with zero attached hydrogens (tertiary/aromatic N) is 2. The van der Waals surface area contributed by atoms with Gasteiger partial charge in [0.1, 0.15) is 5.03 Å². The van der Waals surface area contributed by atoms with E-state index >= 15 is 0 Å². The van der Waals surface area contributed by atoms with Crippen molar-refractivity contribution in [3.63, 3.8) is 0 Å². The molecule has 0 radical (unpaired) electrons. The molecule has 0 fully saturated rings. The van der Waals surface area contributed by atoms with Crippen LogP contribution in [0.4, 0.5) is 13.2 Å². The lowest BCUT2D eigenvalue weighted by molar-refractivity contribution is 0.251. The monoisotopic (exact) mass is 182 g/mol. The first-order valence-corrected chi connectivity index (χ1v) is 3.61. The maximum Gasteiger partial charge on any atom is 0.290 e. The number of hydrogen-bond acceptors (Lipinski definition) is 2. The molecule has 0 saturated heterocycles. The first kappa shape index (κ1) is 8.45. The molecule has 1 rings (SSSR count). The summed E-state index contributed by atoms with van der Waals surface area (Å²) in [5, 5.41) is 3.32. The van der Waals surface area contributed by atoms with Gasteiger partial charge in [0.05, 0.1) is 6.20 Å². The molecule has 62 valence electrons. The lowest BCUT2D eigenvalue weighted by Gasteiger charge is -1.98. The van der Waals surface area contributed by atoms with Crippen LogP contribution in [-0.2, 0) is 7.05 Å². The molecule has 0 amide bonds. The fourth-order valence-corrected chi connectivity index (χ4v) is 1.15. The molecule has 0 aromatic carbocycles. The van der Waals surface area contributed by atoms with E-state index in [4.69, 9.17) is 0 Å². The van der Waals surface area contributed by atoms with Gasteiger partial charge in [0.15, 0.2) is 5.82 Å². The second-order valence-electron chi connectivity index (χ2n) is 1.80. The summed E-state index contributed by atoms with van der Waals surface area (Å²) >= 11 is 0.150. The molecule has 0 aliphatic carbocycles. The third-order valence-corrected chi connectivity index (χ3v) is 1.90. The van der Waals surface area contributed by atoms with Crippen molar-refractivity contribution in [2.24, 2.45) is 7.05 Å². The Morgan fingerprint density at radius 3 is 2.64 bits per heavy atom. The van der Waals surface area contributed by atoms with Crippen molar-refractivity contribution in [3.05, 3.63) is 12.0 Å². The summed E-state index contributed by atoms with van der Waals surface area (Å²) in [6.07, 6.45) is 0.907. The Hall–Kier alpha value is -0.650. The maximum atomic E-state index is 12.5.